The summed E-state index contributed by atoms with van der Waals surface area (Å²) in [6, 6.07) is 0. The number of halogens is 1. The molecule has 0 aromatic heterocycles. The number of amides is 1. The summed E-state index contributed by atoms with van der Waals surface area (Å²) in [6.07, 6.45) is 0. The molecule has 0 aromatic rings. The van der Waals surface area contributed by atoms with Crippen molar-refractivity contribution in [3.8, 4) is 0 Å². The van der Waals surface area contributed by atoms with Crippen LogP contribution in [0.3, 0.4) is 0 Å². The first-order valence-electron chi connectivity index (χ1n) is 5.31. The molecule has 4 heteroatoms. The van der Waals surface area contributed by atoms with E-state index in [1.807, 2.05) is 22.6 Å². The van der Waals surface area contributed by atoms with Gasteiger partial charge in [-0.05, 0) is 12.8 Å². The Labute approximate surface area is 105 Å². The van der Waals surface area contributed by atoms with Crippen molar-refractivity contribution in [2.45, 2.75) is 33.3 Å². The second kappa shape index (κ2) is 4.20. The summed E-state index contributed by atoms with van der Waals surface area (Å²) in [5.74, 6) is 0.445. The molecule has 0 spiro atoms. The third kappa shape index (κ3) is 2.46. The molecule has 1 fully saturated rings. The summed E-state index contributed by atoms with van der Waals surface area (Å²) in [5, 5.41) is 9.84. The molecule has 1 atom stereocenters. The highest BCUT2D eigenvalue weighted by atomic mass is 127. The Hall–Kier alpha value is 0.160. The standard InChI is InChI=1S/C11H20INO2/c1-8(2)10(3)6-13(7-10)9(14)11(4,15)5-12/h8,15H,5-7H2,1-4H3. The normalized spacial score (nSPS) is 23.5. The average Bonchev–Trinajstić information content (AvgIpc) is 2.11. The van der Waals surface area contributed by atoms with Crippen LogP contribution < -0.4 is 0 Å². The fraction of sp³-hybridized carbons (Fsp3) is 0.909. The second-order valence-corrected chi connectivity index (χ2v) is 6.14. The van der Waals surface area contributed by atoms with Crippen LogP contribution in [0.15, 0.2) is 0 Å². The van der Waals surface area contributed by atoms with Crippen LogP contribution in [-0.4, -0.2) is 39.0 Å². The molecule has 0 bridgehead atoms. The predicted molar refractivity (Wildman–Crippen MR) is 69.0 cm³/mol. The van der Waals surface area contributed by atoms with Crippen LogP contribution in [-0.2, 0) is 4.79 Å². The van der Waals surface area contributed by atoms with Crippen LogP contribution in [0.2, 0.25) is 0 Å². The molecule has 1 amide bonds. The Balaban J connectivity index is 2.56. The van der Waals surface area contributed by atoms with Gasteiger partial charge in [0.2, 0.25) is 0 Å². The molecular formula is C11H20INO2. The minimum Gasteiger partial charge on any atom is -0.379 e. The van der Waals surface area contributed by atoms with Crippen LogP contribution in [0.1, 0.15) is 27.7 Å². The summed E-state index contributed by atoms with van der Waals surface area (Å²) in [4.78, 5) is 13.6. The van der Waals surface area contributed by atoms with E-state index in [1.165, 1.54) is 0 Å². The van der Waals surface area contributed by atoms with Gasteiger partial charge in [0.1, 0.15) is 5.60 Å². The van der Waals surface area contributed by atoms with Gasteiger partial charge in [0, 0.05) is 22.9 Å². The lowest BCUT2D eigenvalue weighted by molar-refractivity contribution is -0.161. The Kier molecular flexibility index (Phi) is 3.70. The van der Waals surface area contributed by atoms with Crippen LogP contribution in [0, 0.1) is 11.3 Å². The van der Waals surface area contributed by atoms with E-state index in [2.05, 4.69) is 20.8 Å². The quantitative estimate of drug-likeness (QED) is 0.634. The highest BCUT2D eigenvalue weighted by Crippen LogP contribution is 2.38. The highest BCUT2D eigenvalue weighted by Gasteiger charge is 2.47. The van der Waals surface area contributed by atoms with Crippen molar-refractivity contribution >= 4 is 28.5 Å². The summed E-state index contributed by atoms with van der Waals surface area (Å²) < 4.78 is 0.443. The smallest absolute Gasteiger partial charge is 0.255 e. The molecular weight excluding hydrogens is 305 g/mol. The molecule has 0 saturated carbocycles. The van der Waals surface area contributed by atoms with E-state index < -0.39 is 5.60 Å². The van der Waals surface area contributed by atoms with Crippen LogP contribution in [0.4, 0.5) is 0 Å². The number of alkyl halides is 1. The zero-order valence-electron chi connectivity index (χ0n) is 9.88. The fourth-order valence-electron chi connectivity index (χ4n) is 1.73. The third-order valence-corrected chi connectivity index (χ3v) is 4.99. The molecule has 0 aliphatic carbocycles. The monoisotopic (exact) mass is 325 g/mol. The number of aliphatic hydroxyl groups is 1. The molecule has 1 aliphatic rings. The minimum atomic E-state index is -1.20. The van der Waals surface area contributed by atoms with Crippen LogP contribution in [0.25, 0.3) is 0 Å². The lowest BCUT2D eigenvalue weighted by Gasteiger charge is -2.52. The van der Waals surface area contributed by atoms with Crippen LogP contribution in [0.5, 0.6) is 0 Å². The lowest BCUT2D eigenvalue weighted by atomic mass is 9.72. The average molecular weight is 325 g/mol. The number of hydrogen-bond donors (Lipinski definition) is 1. The molecule has 1 rings (SSSR count). The molecule has 0 aromatic carbocycles. The maximum absolute atomic E-state index is 11.9. The number of likely N-dealkylation sites (tertiary alicyclic amines) is 1. The van der Waals surface area contributed by atoms with Gasteiger partial charge in [-0.2, -0.15) is 0 Å². The van der Waals surface area contributed by atoms with Gasteiger partial charge in [-0.15, -0.1) is 0 Å². The van der Waals surface area contributed by atoms with Crippen molar-refractivity contribution in [1.29, 1.82) is 0 Å². The zero-order chi connectivity index (χ0) is 11.9. The van der Waals surface area contributed by atoms with E-state index >= 15 is 0 Å². The molecule has 1 saturated heterocycles. The largest absolute Gasteiger partial charge is 0.379 e. The Bertz CT molecular complexity index is 257. The Morgan fingerprint density at radius 3 is 2.40 bits per heavy atom. The van der Waals surface area contributed by atoms with Crippen molar-refractivity contribution in [3.63, 3.8) is 0 Å². The lowest BCUT2D eigenvalue weighted by Crippen LogP contribution is -2.63. The van der Waals surface area contributed by atoms with Gasteiger partial charge in [-0.25, -0.2) is 0 Å². The van der Waals surface area contributed by atoms with E-state index in [9.17, 15) is 9.90 Å². The Morgan fingerprint density at radius 1 is 1.60 bits per heavy atom. The van der Waals surface area contributed by atoms with Crippen molar-refractivity contribution in [2.24, 2.45) is 11.3 Å². The maximum atomic E-state index is 11.9. The number of rotatable bonds is 3. The van der Waals surface area contributed by atoms with Gasteiger partial charge in [0.15, 0.2) is 0 Å². The molecule has 3 nitrogen and oxygen atoms in total. The van der Waals surface area contributed by atoms with Crippen molar-refractivity contribution in [1.82, 2.24) is 4.90 Å². The zero-order valence-corrected chi connectivity index (χ0v) is 12.0. The SMILES string of the molecule is CC(C)C1(C)CN(C(=O)C(C)(O)CI)C1. The summed E-state index contributed by atoms with van der Waals surface area (Å²) in [7, 11) is 0. The van der Waals surface area contributed by atoms with Gasteiger partial charge in [-0.1, -0.05) is 43.4 Å². The van der Waals surface area contributed by atoms with Gasteiger partial charge in [0.05, 0.1) is 0 Å². The molecule has 1 unspecified atom stereocenters. The summed E-state index contributed by atoms with van der Waals surface area (Å²) in [6.45, 7) is 9.69. The van der Waals surface area contributed by atoms with E-state index in [-0.39, 0.29) is 11.3 Å². The molecule has 15 heavy (non-hydrogen) atoms. The summed E-state index contributed by atoms with van der Waals surface area (Å²) in [5.41, 5.74) is -0.962. The Morgan fingerprint density at radius 2 is 2.07 bits per heavy atom. The molecule has 1 aliphatic heterocycles. The van der Waals surface area contributed by atoms with E-state index in [1.54, 1.807) is 11.8 Å². The van der Waals surface area contributed by atoms with Crippen molar-refractivity contribution < 1.29 is 9.90 Å². The van der Waals surface area contributed by atoms with E-state index in [0.717, 1.165) is 13.1 Å². The predicted octanol–water partition coefficient (Wildman–Crippen LogP) is 1.68. The first-order chi connectivity index (χ1) is 6.73. The number of nitrogens with zero attached hydrogens (tertiary/aromatic N) is 1. The number of hydrogen-bond acceptors (Lipinski definition) is 2. The maximum Gasteiger partial charge on any atom is 0.255 e. The minimum absolute atomic E-state index is 0.130. The molecule has 88 valence electrons. The summed E-state index contributed by atoms with van der Waals surface area (Å²) >= 11 is 2.04. The van der Waals surface area contributed by atoms with Gasteiger partial charge in [0.25, 0.3) is 5.91 Å². The van der Waals surface area contributed by atoms with Gasteiger partial charge >= 0.3 is 0 Å². The highest BCUT2D eigenvalue weighted by molar-refractivity contribution is 14.1. The molecule has 1 N–H and O–H groups in total. The van der Waals surface area contributed by atoms with Crippen molar-refractivity contribution in [3.05, 3.63) is 0 Å². The number of carbonyl (C=O) groups excluding carboxylic acids is 1. The van der Waals surface area contributed by atoms with E-state index in [4.69, 9.17) is 0 Å². The number of carbonyl (C=O) groups is 1. The second-order valence-electron chi connectivity index (χ2n) is 5.38. The molecule has 1 heterocycles. The van der Waals surface area contributed by atoms with Crippen molar-refractivity contribution in [2.75, 3.05) is 17.5 Å². The third-order valence-electron chi connectivity index (χ3n) is 3.51. The topological polar surface area (TPSA) is 40.5 Å². The fourth-order valence-corrected chi connectivity index (χ4v) is 2.06. The first kappa shape index (κ1) is 13.2. The van der Waals surface area contributed by atoms with E-state index in [0.29, 0.717) is 10.3 Å². The van der Waals surface area contributed by atoms with Crippen LogP contribution >= 0.6 is 22.6 Å². The van der Waals surface area contributed by atoms with Gasteiger partial charge in [-0.3, -0.25) is 4.79 Å². The van der Waals surface area contributed by atoms with Gasteiger partial charge < -0.3 is 10.0 Å². The molecule has 0 radical (unpaired) electrons. The first-order valence-corrected chi connectivity index (χ1v) is 6.83.